The van der Waals surface area contributed by atoms with Crippen molar-refractivity contribution in [3.05, 3.63) is 11.9 Å². The van der Waals surface area contributed by atoms with Gasteiger partial charge in [-0.15, -0.1) is 0 Å². The number of nitrogen functional groups attached to an aromatic ring is 1. The van der Waals surface area contributed by atoms with Crippen LogP contribution < -0.4 is 10.6 Å². The van der Waals surface area contributed by atoms with E-state index in [9.17, 15) is 0 Å². The van der Waals surface area contributed by atoms with Crippen LogP contribution in [0.15, 0.2) is 6.33 Å². The zero-order valence-corrected chi connectivity index (χ0v) is 13.4. The van der Waals surface area contributed by atoms with Crippen molar-refractivity contribution < 1.29 is 0 Å². The van der Waals surface area contributed by atoms with Crippen molar-refractivity contribution in [1.29, 1.82) is 0 Å². The predicted molar refractivity (Wildman–Crippen MR) is 86.1 cm³/mol. The Labute approximate surface area is 123 Å². The summed E-state index contributed by atoms with van der Waals surface area (Å²) in [6, 6.07) is 0. The second-order valence-electron chi connectivity index (χ2n) is 4.87. The lowest BCUT2D eigenvalue weighted by Crippen LogP contribution is -2.31. The molecule has 0 aliphatic carbocycles. The van der Waals surface area contributed by atoms with Crippen LogP contribution in [0.3, 0.4) is 0 Å². The first-order chi connectivity index (χ1) is 9.67. The first-order valence-electron chi connectivity index (χ1n) is 7.74. The molecular weight excluding hydrogens is 250 g/mol. The fraction of sp³-hybridized carbons (Fsp3) is 0.733. The van der Waals surface area contributed by atoms with Crippen molar-refractivity contribution in [1.82, 2.24) is 14.9 Å². The molecule has 0 atom stereocenters. The molecule has 5 nitrogen and oxygen atoms in total. The molecule has 0 aliphatic rings. The molecule has 0 saturated heterocycles. The summed E-state index contributed by atoms with van der Waals surface area (Å²) < 4.78 is 0. The van der Waals surface area contributed by atoms with Gasteiger partial charge in [-0.2, -0.15) is 0 Å². The molecule has 1 rings (SSSR count). The van der Waals surface area contributed by atoms with Crippen LogP contribution in [0.25, 0.3) is 0 Å². The summed E-state index contributed by atoms with van der Waals surface area (Å²) in [5.74, 6) is 1.61. The zero-order valence-electron chi connectivity index (χ0n) is 13.4. The van der Waals surface area contributed by atoms with E-state index in [1.165, 1.54) is 0 Å². The lowest BCUT2D eigenvalue weighted by molar-refractivity contribution is 0.300. The number of anilines is 2. The first-order valence-corrected chi connectivity index (χ1v) is 7.74. The number of rotatable bonds is 9. The molecular formula is C15H29N5. The van der Waals surface area contributed by atoms with Crippen LogP contribution in [0.4, 0.5) is 11.6 Å². The molecule has 1 aromatic heterocycles. The molecule has 20 heavy (non-hydrogen) atoms. The molecule has 0 unspecified atom stereocenters. The van der Waals surface area contributed by atoms with Crippen LogP contribution in [0.5, 0.6) is 0 Å². The molecule has 1 aromatic rings. The summed E-state index contributed by atoms with van der Waals surface area (Å²) in [5.41, 5.74) is 7.03. The second-order valence-corrected chi connectivity index (χ2v) is 4.87. The summed E-state index contributed by atoms with van der Waals surface area (Å²) in [6.45, 7) is 14.0. The van der Waals surface area contributed by atoms with E-state index in [4.69, 9.17) is 5.73 Å². The van der Waals surface area contributed by atoms with Crippen LogP contribution in [-0.4, -0.2) is 47.6 Å². The van der Waals surface area contributed by atoms with E-state index >= 15 is 0 Å². The van der Waals surface area contributed by atoms with E-state index in [1.54, 1.807) is 6.33 Å². The van der Waals surface area contributed by atoms with Crippen LogP contribution in [0, 0.1) is 0 Å². The largest absolute Gasteiger partial charge is 0.383 e. The van der Waals surface area contributed by atoms with Gasteiger partial charge >= 0.3 is 0 Å². The van der Waals surface area contributed by atoms with Crippen molar-refractivity contribution in [3.8, 4) is 0 Å². The number of nitrogens with zero attached hydrogens (tertiary/aromatic N) is 4. The molecule has 0 bridgehead atoms. The van der Waals surface area contributed by atoms with Crippen molar-refractivity contribution in [3.63, 3.8) is 0 Å². The van der Waals surface area contributed by atoms with E-state index in [0.717, 1.165) is 56.9 Å². The maximum absolute atomic E-state index is 5.96. The third kappa shape index (κ3) is 4.34. The minimum atomic E-state index is 0.611. The highest BCUT2D eigenvalue weighted by molar-refractivity contribution is 5.56. The first kappa shape index (κ1) is 16.7. The third-order valence-corrected chi connectivity index (χ3v) is 3.79. The molecule has 0 amide bonds. The van der Waals surface area contributed by atoms with Crippen molar-refractivity contribution >= 4 is 11.6 Å². The fourth-order valence-corrected chi connectivity index (χ4v) is 2.47. The van der Waals surface area contributed by atoms with Gasteiger partial charge in [-0.05, 0) is 39.4 Å². The Morgan fingerprint density at radius 2 is 1.70 bits per heavy atom. The van der Waals surface area contributed by atoms with Gasteiger partial charge in [0.05, 0.1) is 0 Å². The monoisotopic (exact) mass is 279 g/mol. The average molecular weight is 279 g/mol. The topological polar surface area (TPSA) is 58.3 Å². The smallest absolute Gasteiger partial charge is 0.137 e. The SMILES string of the molecule is CCc1c(N)ncnc1N(CC)CCCN(CC)CC. The van der Waals surface area contributed by atoms with Crippen LogP contribution in [0.1, 0.15) is 39.7 Å². The van der Waals surface area contributed by atoms with Gasteiger partial charge in [0.2, 0.25) is 0 Å². The Kier molecular flexibility index (Phi) is 7.30. The van der Waals surface area contributed by atoms with Gasteiger partial charge < -0.3 is 15.5 Å². The van der Waals surface area contributed by atoms with E-state index in [0.29, 0.717) is 5.82 Å². The van der Waals surface area contributed by atoms with Crippen molar-refractivity contribution in [2.45, 2.75) is 40.5 Å². The molecule has 1 heterocycles. The standard InChI is InChI=1S/C15H29N5/c1-5-13-14(16)17-12-18-15(13)20(8-4)11-9-10-19(6-2)7-3/h12H,5-11H2,1-4H3,(H2,16,17,18). The van der Waals surface area contributed by atoms with Gasteiger partial charge in [0.1, 0.15) is 18.0 Å². The Hall–Kier alpha value is -1.36. The lowest BCUT2D eigenvalue weighted by atomic mass is 10.2. The van der Waals surface area contributed by atoms with E-state index in [-0.39, 0.29) is 0 Å². The quantitative estimate of drug-likeness (QED) is 0.751. The van der Waals surface area contributed by atoms with Crippen LogP contribution in [-0.2, 0) is 6.42 Å². The predicted octanol–water partition coefficient (Wildman–Crippen LogP) is 2.18. The molecule has 0 radical (unpaired) electrons. The maximum atomic E-state index is 5.96. The number of hydrogen-bond donors (Lipinski definition) is 1. The van der Waals surface area contributed by atoms with Gasteiger partial charge in [0.15, 0.2) is 0 Å². The Morgan fingerprint density at radius 3 is 2.25 bits per heavy atom. The second kappa shape index (κ2) is 8.74. The normalized spacial score (nSPS) is 11.1. The lowest BCUT2D eigenvalue weighted by Gasteiger charge is -2.26. The van der Waals surface area contributed by atoms with Gasteiger partial charge in [0, 0.05) is 18.7 Å². The summed E-state index contributed by atoms with van der Waals surface area (Å²) in [7, 11) is 0. The summed E-state index contributed by atoms with van der Waals surface area (Å²) in [6.07, 6.45) is 3.58. The zero-order chi connectivity index (χ0) is 15.0. The Balaban J connectivity index is 2.69. The van der Waals surface area contributed by atoms with Gasteiger partial charge in [-0.1, -0.05) is 20.8 Å². The minimum Gasteiger partial charge on any atom is -0.383 e. The number of hydrogen-bond acceptors (Lipinski definition) is 5. The summed E-state index contributed by atoms with van der Waals surface area (Å²) in [4.78, 5) is 13.3. The Bertz CT molecular complexity index is 390. The van der Waals surface area contributed by atoms with Gasteiger partial charge in [-0.3, -0.25) is 0 Å². The van der Waals surface area contributed by atoms with E-state index in [2.05, 4.69) is 47.5 Å². The summed E-state index contributed by atoms with van der Waals surface area (Å²) >= 11 is 0. The fourth-order valence-electron chi connectivity index (χ4n) is 2.47. The number of aromatic nitrogens is 2. The highest BCUT2D eigenvalue weighted by Gasteiger charge is 2.13. The van der Waals surface area contributed by atoms with Crippen LogP contribution >= 0.6 is 0 Å². The summed E-state index contributed by atoms with van der Waals surface area (Å²) in [5, 5.41) is 0. The highest BCUT2D eigenvalue weighted by Crippen LogP contribution is 2.21. The van der Waals surface area contributed by atoms with Crippen molar-refractivity contribution in [2.24, 2.45) is 0 Å². The Morgan fingerprint density at radius 1 is 1.00 bits per heavy atom. The molecule has 0 aliphatic heterocycles. The van der Waals surface area contributed by atoms with E-state index in [1.807, 2.05) is 0 Å². The van der Waals surface area contributed by atoms with Gasteiger partial charge in [-0.25, -0.2) is 9.97 Å². The van der Waals surface area contributed by atoms with Gasteiger partial charge in [0.25, 0.3) is 0 Å². The van der Waals surface area contributed by atoms with Crippen LogP contribution in [0.2, 0.25) is 0 Å². The molecule has 2 N–H and O–H groups in total. The average Bonchev–Trinajstić information content (AvgIpc) is 2.47. The third-order valence-electron chi connectivity index (χ3n) is 3.79. The number of nitrogens with two attached hydrogens (primary N) is 1. The highest BCUT2D eigenvalue weighted by atomic mass is 15.2. The van der Waals surface area contributed by atoms with Crippen molar-refractivity contribution in [2.75, 3.05) is 43.4 Å². The molecule has 0 fully saturated rings. The molecule has 5 heteroatoms. The molecule has 0 saturated carbocycles. The molecule has 114 valence electrons. The minimum absolute atomic E-state index is 0.611. The molecule has 0 aromatic carbocycles. The maximum Gasteiger partial charge on any atom is 0.137 e. The van der Waals surface area contributed by atoms with E-state index < -0.39 is 0 Å². The molecule has 0 spiro atoms.